The second-order valence-electron chi connectivity index (χ2n) is 10.5. The molecule has 1 aliphatic rings. The summed E-state index contributed by atoms with van der Waals surface area (Å²) in [6, 6.07) is 11.4. The summed E-state index contributed by atoms with van der Waals surface area (Å²) in [5.74, 6) is 0. The number of carbonyl (C=O) groups excluding carboxylic acids is 1. The van der Waals surface area contributed by atoms with Crippen molar-refractivity contribution >= 4 is 27.6 Å². The van der Waals surface area contributed by atoms with Crippen molar-refractivity contribution in [2.24, 2.45) is 0 Å². The Morgan fingerprint density at radius 2 is 1.84 bits per heavy atom. The number of hydrogen-bond acceptors (Lipinski definition) is 7. The van der Waals surface area contributed by atoms with Crippen molar-refractivity contribution < 1.29 is 9.53 Å². The van der Waals surface area contributed by atoms with E-state index in [1.165, 1.54) is 15.9 Å². The maximum Gasteiger partial charge on any atom is 0.410 e. The first kappa shape index (κ1) is 25.9. The van der Waals surface area contributed by atoms with E-state index in [-0.39, 0.29) is 29.9 Å². The van der Waals surface area contributed by atoms with Crippen molar-refractivity contribution in [1.82, 2.24) is 29.0 Å². The molecule has 4 aromatic rings. The SMILES string of the molecule is CCn1cc(Cn2c(=O)n(C3CCN(C(=O)OC(C)(C)C)CC3)c(=O)c3sc(-c4ccccc4)cc32)nn1. The Bertz CT molecular complexity index is 1570. The zero-order valence-electron chi connectivity index (χ0n) is 22.1. The summed E-state index contributed by atoms with van der Waals surface area (Å²) in [6.07, 6.45) is 2.42. The second kappa shape index (κ2) is 10.2. The molecule has 1 aliphatic heterocycles. The van der Waals surface area contributed by atoms with Gasteiger partial charge in [-0.1, -0.05) is 35.5 Å². The molecule has 5 rings (SSSR count). The molecule has 4 heterocycles. The van der Waals surface area contributed by atoms with Crippen LogP contribution in [0.1, 0.15) is 52.3 Å². The molecular weight excluding hydrogens is 504 g/mol. The van der Waals surface area contributed by atoms with Crippen molar-refractivity contribution in [3.8, 4) is 10.4 Å². The minimum atomic E-state index is -0.584. The summed E-state index contributed by atoms with van der Waals surface area (Å²) in [5.41, 5.74) is 0.980. The van der Waals surface area contributed by atoms with Crippen LogP contribution in [0.2, 0.25) is 0 Å². The van der Waals surface area contributed by atoms with E-state index in [1.807, 2.05) is 70.3 Å². The maximum absolute atomic E-state index is 13.9. The molecule has 0 aliphatic carbocycles. The highest BCUT2D eigenvalue weighted by molar-refractivity contribution is 7.22. The molecule has 0 spiro atoms. The van der Waals surface area contributed by atoms with E-state index < -0.39 is 5.60 Å². The molecule has 1 saturated heterocycles. The van der Waals surface area contributed by atoms with Crippen LogP contribution in [-0.2, 0) is 17.8 Å². The number of fused-ring (bicyclic) bond motifs is 1. The molecule has 38 heavy (non-hydrogen) atoms. The molecule has 11 heteroatoms. The molecule has 0 atom stereocenters. The number of aryl methyl sites for hydroxylation is 1. The highest BCUT2D eigenvalue weighted by Crippen LogP contribution is 2.32. The summed E-state index contributed by atoms with van der Waals surface area (Å²) < 4.78 is 10.8. The Hall–Kier alpha value is -3.73. The fourth-order valence-corrected chi connectivity index (χ4v) is 5.85. The van der Waals surface area contributed by atoms with Gasteiger partial charge in [0.2, 0.25) is 0 Å². The first-order valence-electron chi connectivity index (χ1n) is 12.9. The minimum Gasteiger partial charge on any atom is -0.444 e. The number of ether oxygens (including phenoxy) is 1. The third-order valence-electron chi connectivity index (χ3n) is 6.62. The zero-order chi connectivity index (χ0) is 27.0. The molecule has 0 unspecified atom stereocenters. The summed E-state index contributed by atoms with van der Waals surface area (Å²) in [7, 11) is 0. The standard InChI is InChI=1S/C27H32N6O4S/c1-5-31-16-19(28-29-31)17-32-21-15-22(18-9-7-6-8-10-18)38-23(21)24(34)33(25(32)35)20-11-13-30(14-12-20)26(36)37-27(2,3)4/h6-10,15-16,20H,5,11-14,17H2,1-4H3. The fourth-order valence-electron chi connectivity index (χ4n) is 4.74. The third kappa shape index (κ3) is 5.15. The van der Waals surface area contributed by atoms with E-state index in [2.05, 4.69) is 10.3 Å². The van der Waals surface area contributed by atoms with E-state index in [9.17, 15) is 14.4 Å². The van der Waals surface area contributed by atoms with Crippen LogP contribution < -0.4 is 11.2 Å². The summed E-state index contributed by atoms with van der Waals surface area (Å²) in [4.78, 5) is 42.8. The molecule has 1 fully saturated rings. The number of thiophene rings is 1. The Kier molecular flexibility index (Phi) is 6.95. The van der Waals surface area contributed by atoms with Crippen LogP contribution in [0.5, 0.6) is 0 Å². The van der Waals surface area contributed by atoms with Gasteiger partial charge in [-0.3, -0.25) is 18.6 Å². The summed E-state index contributed by atoms with van der Waals surface area (Å²) in [6.45, 7) is 9.16. The van der Waals surface area contributed by atoms with E-state index in [0.717, 1.165) is 10.4 Å². The van der Waals surface area contributed by atoms with Crippen LogP contribution >= 0.6 is 11.3 Å². The quantitative estimate of drug-likeness (QED) is 0.380. The maximum atomic E-state index is 13.9. The Morgan fingerprint density at radius 1 is 1.13 bits per heavy atom. The number of carbonyl (C=O) groups is 1. The van der Waals surface area contributed by atoms with Crippen LogP contribution in [-0.4, -0.2) is 53.8 Å². The van der Waals surface area contributed by atoms with Crippen molar-refractivity contribution in [1.29, 1.82) is 0 Å². The molecular formula is C27H32N6O4S. The van der Waals surface area contributed by atoms with Crippen LogP contribution in [0.3, 0.4) is 0 Å². The van der Waals surface area contributed by atoms with Crippen LogP contribution in [0.25, 0.3) is 20.7 Å². The monoisotopic (exact) mass is 536 g/mol. The summed E-state index contributed by atoms with van der Waals surface area (Å²) in [5, 5.41) is 8.34. The topological polar surface area (TPSA) is 104 Å². The van der Waals surface area contributed by atoms with Crippen molar-refractivity contribution in [2.45, 2.75) is 65.3 Å². The smallest absolute Gasteiger partial charge is 0.410 e. The minimum absolute atomic E-state index is 0.206. The van der Waals surface area contributed by atoms with Crippen LogP contribution in [0, 0.1) is 0 Å². The number of nitrogens with zero attached hydrogens (tertiary/aromatic N) is 6. The number of rotatable bonds is 5. The molecule has 0 bridgehead atoms. The Morgan fingerprint density at radius 3 is 2.47 bits per heavy atom. The molecule has 0 N–H and O–H groups in total. The van der Waals surface area contributed by atoms with E-state index in [1.54, 1.807) is 14.1 Å². The number of benzene rings is 1. The number of aromatic nitrogens is 5. The van der Waals surface area contributed by atoms with E-state index >= 15 is 0 Å². The van der Waals surface area contributed by atoms with Gasteiger partial charge in [0.25, 0.3) is 5.56 Å². The zero-order valence-corrected chi connectivity index (χ0v) is 22.9. The van der Waals surface area contributed by atoms with Gasteiger partial charge in [0.05, 0.1) is 18.3 Å². The number of piperidine rings is 1. The third-order valence-corrected chi connectivity index (χ3v) is 7.78. The van der Waals surface area contributed by atoms with Crippen LogP contribution in [0.15, 0.2) is 52.2 Å². The Balaban J connectivity index is 1.54. The highest BCUT2D eigenvalue weighted by atomic mass is 32.1. The molecule has 0 saturated carbocycles. The lowest BCUT2D eigenvalue weighted by atomic mass is 10.1. The molecule has 1 amide bonds. The van der Waals surface area contributed by atoms with E-state index in [4.69, 9.17) is 4.74 Å². The second-order valence-corrected chi connectivity index (χ2v) is 11.6. The summed E-state index contributed by atoms with van der Waals surface area (Å²) >= 11 is 1.39. The van der Waals surface area contributed by atoms with Gasteiger partial charge >= 0.3 is 11.8 Å². The van der Waals surface area contributed by atoms with Gasteiger partial charge in [-0.25, -0.2) is 9.59 Å². The number of hydrogen-bond donors (Lipinski definition) is 0. The Labute approximate surface area is 224 Å². The average Bonchev–Trinajstić information content (AvgIpc) is 3.54. The van der Waals surface area contributed by atoms with Gasteiger partial charge in [-0.2, -0.15) is 0 Å². The first-order valence-corrected chi connectivity index (χ1v) is 13.7. The molecule has 3 aromatic heterocycles. The molecule has 10 nitrogen and oxygen atoms in total. The largest absolute Gasteiger partial charge is 0.444 e. The average molecular weight is 537 g/mol. The van der Waals surface area contributed by atoms with Gasteiger partial charge in [0.1, 0.15) is 16.0 Å². The molecule has 1 aromatic carbocycles. The number of amides is 1. The van der Waals surface area contributed by atoms with Crippen LogP contribution in [0.4, 0.5) is 4.79 Å². The van der Waals surface area contributed by atoms with Crippen molar-refractivity contribution in [2.75, 3.05) is 13.1 Å². The predicted molar refractivity (Wildman–Crippen MR) is 147 cm³/mol. The van der Waals surface area contributed by atoms with Crippen molar-refractivity contribution in [3.05, 3.63) is 69.1 Å². The normalized spacial score (nSPS) is 14.8. The lowest BCUT2D eigenvalue weighted by Crippen LogP contribution is -2.47. The number of likely N-dealkylation sites (tertiary alicyclic amines) is 1. The van der Waals surface area contributed by atoms with E-state index in [0.29, 0.717) is 48.4 Å². The van der Waals surface area contributed by atoms with Gasteiger partial charge in [0, 0.05) is 30.6 Å². The lowest BCUT2D eigenvalue weighted by Gasteiger charge is -2.34. The highest BCUT2D eigenvalue weighted by Gasteiger charge is 2.30. The fraction of sp³-hybridized carbons (Fsp3) is 0.444. The van der Waals surface area contributed by atoms with Gasteiger partial charge < -0.3 is 9.64 Å². The van der Waals surface area contributed by atoms with Gasteiger partial charge in [-0.05, 0) is 52.2 Å². The first-order chi connectivity index (χ1) is 18.1. The van der Waals surface area contributed by atoms with Gasteiger partial charge in [-0.15, -0.1) is 16.4 Å². The van der Waals surface area contributed by atoms with Crippen molar-refractivity contribution in [3.63, 3.8) is 0 Å². The predicted octanol–water partition coefficient (Wildman–Crippen LogP) is 4.12. The van der Waals surface area contributed by atoms with Gasteiger partial charge in [0.15, 0.2) is 0 Å². The molecule has 200 valence electrons. The lowest BCUT2D eigenvalue weighted by molar-refractivity contribution is 0.0186. The molecule has 0 radical (unpaired) electrons.